The van der Waals surface area contributed by atoms with Gasteiger partial charge < -0.3 is 10.1 Å². The molecule has 1 aliphatic rings. The Hall–Kier alpha value is -1.32. The van der Waals surface area contributed by atoms with E-state index in [1.54, 1.807) is 6.92 Å². The summed E-state index contributed by atoms with van der Waals surface area (Å²) in [4.78, 5) is 18.1. The number of H-pyrrole nitrogens is 1. The van der Waals surface area contributed by atoms with Crippen LogP contribution in [0.2, 0.25) is 0 Å². The number of aryl methyl sites for hydroxylation is 1. The second-order valence-corrected chi connectivity index (χ2v) is 3.87. The van der Waals surface area contributed by atoms with Gasteiger partial charge in [0.15, 0.2) is 0 Å². The number of rotatable bonds is 1. The molecular weight excluding hydrogens is 180 g/mol. The Bertz CT molecular complexity index is 392. The predicted molar refractivity (Wildman–Crippen MR) is 52.5 cm³/mol. The molecule has 1 saturated carbocycles. The van der Waals surface area contributed by atoms with Crippen molar-refractivity contribution in [2.24, 2.45) is 0 Å². The zero-order valence-corrected chi connectivity index (χ0v) is 8.21. The van der Waals surface area contributed by atoms with Crippen LogP contribution < -0.4 is 5.56 Å². The van der Waals surface area contributed by atoms with Crippen molar-refractivity contribution < 1.29 is 5.11 Å². The van der Waals surface area contributed by atoms with E-state index in [0.717, 1.165) is 25.7 Å². The van der Waals surface area contributed by atoms with Crippen molar-refractivity contribution in [2.75, 3.05) is 0 Å². The highest BCUT2D eigenvalue weighted by Crippen LogP contribution is 2.35. The number of aromatic amines is 1. The molecule has 1 aliphatic carbocycles. The van der Waals surface area contributed by atoms with Crippen LogP contribution in [0.15, 0.2) is 4.79 Å². The van der Waals surface area contributed by atoms with E-state index in [1.807, 2.05) is 0 Å². The first kappa shape index (κ1) is 9.24. The number of nitrogens with zero attached hydrogens (tertiary/aromatic N) is 1. The van der Waals surface area contributed by atoms with E-state index in [0.29, 0.717) is 11.4 Å². The minimum Gasteiger partial charge on any atom is -0.493 e. The van der Waals surface area contributed by atoms with E-state index in [9.17, 15) is 9.90 Å². The third-order valence-electron chi connectivity index (χ3n) is 2.82. The fraction of sp³-hybridized carbons (Fsp3) is 0.600. The van der Waals surface area contributed by atoms with Gasteiger partial charge in [0.05, 0.1) is 5.56 Å². The zero-order valence-electron chi connectivity index (χ0n) is 8.21. The van der Waals surface area contributed by atoms with Crippen LogP contribution in [0, 0.1) is 6.92 Å². The van der Waals surface area contributed by atoms with Crippen LogP contribution in [-0.4, -0.2) is 15.1 Å². The lowest BCUT2D eigenvalue weighted by molar-refractivity contribution is 0.433. The van der Waals surface area contributed by atoms with E-state index < -0.39 is 0 Å². The van der Waals surface area contributed by atoms with Crippen molar-refractivity contribution >= 4 is 0 Å². The summed E-state index contributed by atoms with van der Waals surface area (Å²) < 4.78 is 0. The molecule has 0 bridgehead atoms. The first-order chi connectivity index (χ1) is 6.68. The normalized spacial score (nSPS) is 17.5. The van der Waals surface area contributed by atoms with Crippen LogP contribution in [0.4, 0.5) is 0 Å². The van der Waals surface area contributed by atoms with Crippen LogP contribution in [0.5, 0.6) is 5.88 Å². The van der Waals surface area contributed by atoms with Crippen molar-refractivity contribution in [2.45, 2.75) is 38.5 Å². The van der Waals surface area contributed by atoms with E-state index in [-0.39, 0.29) is 17.4 Å². The number of nitrogens with one attached hydrogen (secondary N) is 1. The Morgan fingerprint density at radius 2 is 2.07 bits per heavy atom. The number of aromatic hydroxyl groups is 1. The Balaban J connectivity index is 2.46. The standard InChI is InChI=1S/C10H14N2O2/c1-6-11-9(13)8(10(14)12-6)7-4-2-3-5-7/h7H,2-5H2,1H3,(H2,11,12,13,14). The molecule has 0 aliphatic heterocycles. The van der Waals surface area contributed by atoms with Gasteiger partial charge in [-0.1, -0.05) is 12.8 Å². The molecule has 0 atom stereocenters. The molecule has 1 fully saturated rings. The summed E-state index contributed by atoms with van der Waals surface area (Å²) in [5.74, 6) is 0.583. The van der Waals surface area contributed by atoms with Gasteiger partial charge >= 0.3 is 0 Å². The van der Waals surface area contributed by atoms with Crippen molar-refractivity contribution in [3.05, 3.63) is 21.7 Å². The summed E-state index contributed by atoms with van der Waals surface area (Å²) in [6.45, 7) is 1.67. The van der Waals surface area contributed by atoms with Gasteiger partial charge in [-0.15, -0.1) is 0 Å². The molecule has 1 aromatic heterocycles. The molecule has 76 valence electrons. The SMILES string of the molecule is Cc1nc(O)c(C2CCCC2)c(=O)[nH]1. The first-order valence-corrected chi connectivity index (χ1v) is 4.98. The van der Waals surface area contributed by atoms with Gasteiger partial charge in [0, 0.05) is 0 Å². The molecule has 0 radical (unpaired) electrons. The average molecular weight is 194 g/mol. The predicted octanol–water partition coefficient (Wildman–Crippen LogP) is 1.44. The molecule has 1 heterocycles. The monoisotopic (exact) mass is 194 g/mol. The Morgan fingerprint density at radius 1 is 1.43 bits per heavy atom. The van der Waals surface area contributed by atoms with Gasteiger partial charge in [0.2, 0.25) is 5.88 Å². The Kier molecular flexibility index (Phi) is 2.27. The highest BCUT2D eigenvalue weighted by Gasteiger charge is 2.23. The van der Waals surface area contributed by atoms with Gasteiger partial charge in [-0.2, -0.15) is 0 Å². The Morgan fingerprint density at radius 3 is 2.64 bits per heavy atom. The summed E-state index contributed by atoms with van der Waals surface area (Å²) in [6.07, 6.45) is 4.25. The molecule has 0 spiro atoms. The maximum atomic E-state index is 11.6. The van der Waals surface area contributed by atoms with Gasteiger partial charge in [-0.05, 0) is 25.7 Å². The van der Waals surface area contributed by atoms with E-state index in [2.05, 4.69) is 9.97 Å². The van der Waals surface area contributed by atoms with E-state index in [4.69, 9.17) is 0 Å². The van der Waals surface area contributed by atoms with Crippen molar-refractivity contribution in [1.82, 2.24) is 9.97 Å². The minimum absolute atomic E-state index is 0.0850. The molecule has 0 amide bonds. The van der Waals surface area contributed by atoms with Crippen LogP contribution in [0.3, 0.4) is 0 Å². The molecule has 0 aromatic carbocycles. The van der Waals surface area contributed by atoms with Gasteiger partial charge in [-0.3, -0.25) is 4.79 Å². The minimum atomic E-state index is -0.179. The lowest BCUT2D eigenvalue weighted by Crippen LogP contribution is -2.17. The van der Waals surface area contributed by atoms with Gasteiger partial charge in [0.1, 0.15) is 5.82 Å². The van der Waals surface area contributed by atoms with Crippen molar-refractivity contribution in [1.29, 1.82) is 0 Å². The zero-order chi connectivity index (χ0) is 10.1. The number of hydrogen-bond donors (Lipinski definition) is 2. The molecule has 0 saturated heterocycles. The number of aromatic nitrogens is 2. The lowest BCUT2D eigenvalue weighted by atomic mass is 10.00. The molecule has 14 heavy (non-hydrogen) atoms. The van der Waals surface area contributed by atoms with E-state index >= 15 is 0 Å². The second kappa shape index (κ2) is 3.44. The largest absolute Gasteiger partial charge is 0.493 e. The maximum Gasteiger partial charge on any atom is 0.258 e. The smallest absolute Gasteiger partial charge is 0.258 e. The molecule has 1 aromatic rings. The highest BCUT2D eigenvalue weighted by atomic mass is 16.3. The van der Waals surface area contributed by atoms with Crippen molar-refractivity contribution in [3.8, 4) is 5.88 Å². The van der Waals surface area contributed by atoms with Crippen LogP contribution in [0.1, 0.15) is 43.0 Å². The van der Waals surface area contributed by atoms with Crippen LogP contribution >= 0.6 is 0 Å². The average Bonchev–Trinajstić information content (AvgIpc) is 2.54. The lowest BCUT2D eigenvalue weighted by Gasteiger charge is -2.09. The van der Waals surface area contributed by atoms with Gasteiger partial charge in [-0.25, -0.2) is 4.98 Å². The summed E-state index contributed by atoms with van der Waals surface area (Å²) in [6, 6.07) is 0. The maximum absolute atomic E-state index is 11.6. The third-order valence-corrected chi connectivity index (χ3v) is 2.82. The van der Waals surface area contributed by atoms with Crippen molar-refractivity contribution in [3.63, 3.8) is 0 Å². The second-order valence-electron chi connectivity index (χ2n) is 3.87. The third kappa shape index (κ3) is 1.52. The fourth-order valence-corrected chi connectivity index (χ4v) is 2.16. The van der Waals surface area contributed by atoms with Gasteiger partial charge in [0.25, 0.3) is 5.56 Å². The molecule has 4 nitrogen and oxygen atoms in total. The molecule has 2 N–H and O–H groups in total. The van der Waals surface area contributed by atoms with Crippen LogP contribution in [0.25, 0.3) is 0 Å². The van der Waals surface area contributed by atoms with Crippen LogP contribution in [-0.2, 0) is 0 Å². The quantitative estimate of drug-likeness (QED) is 0.711. The molecule has 4 heteroatoms. The fourth-order valence-electron chi connectivity index (χ4n) is 2.16. The summed E-state index contributed by atoms with van der Waals surface area (Å²) >= 11 is 0. The Labute approximate surface area is 82.0 Å². The molecular formula is C10H14N2O2. The first-order valence-electron chi connectivity index (χ1n) is 4.98. The molecule has 0 unspecified atom stereocenters. The number of hydrogen-bond acceptors (Lipinski definition) is 3. The van der Waals surface area contributed by atoms with E-state index in [1.165, 1.54) is 0 Å². The topological polar surface area (TPSA) is 66.0 Å². The highest BCUT2D eigenvalue weighted by molar-refractivity contribution is 5.27. The summed E-state index contributed by atoms with van der Waals surface area (Å²) in [7, 11) is 0. The summed E-state index contributed by atoms with van der Waals surface area (Å²) in [5, 5.41) is 9.60. The molecule has 2 rings (SSSR count). The summed E-state index contributed by atoms with van der Waals surface area (Å²) in [5.41, 5.74) is 0.301.